The van der Waals surface area contributed by atoms with Crippen LogP contribution in [0.15, 0.2) is 48.7 Å². The monoisotopic (exact) mass is 252 g/mol. The molecule has 2 nitrogen and oxygen atoms in total. The van der Waals surface area contributed by atoms with Gasteiger partial charge in [0.25, 0.3) is 0 Å². The lowest BCUT2D eigenvalue weighted by Crippen LogP contribution is -2.32. The molecule has 1 fully saturated rings. The molecule has 0 atom stereocenters. The SMILES string of the molecule is NCC1(c2cc(-c3ccccc3)ccn2)CCCC1. The molecule has 1 aromatic carbocycles. The zero-order valence-electron chi connectivity index (χ0n) is 11.2. The third-order valence-corrected chi connectivity index (χ3v) is 4.36. The van der Waals surface area contributed by atoms with E-state index >= 15 is 0 Å². The van der Waals surface area contributed by atoms with Crippen LogP contribution in [0, 0.1) is 0 Å². The molecule has 3 rings (SSSR count). The topological polar surface area (TPSA) is 38.9 Å². The Morgan fingerprint density at radius 1 is 1.00 bits per heavy atom. The highest BCUT2D eigenvalue weighted by atomic mass is 14.7. The molecule has 0 radical (unpaired) electrons. The van der Waals surface area contributed by atoms with Gasteiger partial charge in [-0.3, -0.25) is 4.98 Å². The van der Waals surface area contributed by atoms with E-state index in [1.54, 1.807) is 0 Å². The second kappa shape index (κ2) is 5.14. The highest BCUT2D eigenvalue weighted by Gasteiger charge is 2.35. The summed E-state index contributed by atoms with van der Waals surface area (Å²) < 4.78 is 0. The van der Waals surface area contributed by atoms with Crippen molar-refractivity contribution in [3.8, 4) is 11.1 Å². The summed E-state index contributed by atoms with van der Waals surface area (Å²) in [6.45, 7) is 0.707. The van der Waals surface area contributed by atoms with Crippen LogP contribution in [0.1, 0.15) is 31.4 Å². The Morgan fingerprint density at radius 3 is 2.42 bits per heavy atom. The summed E-state index contributed by atoms with van der Waals surface area (Å²) in [5, 5.41) is 0. The van der Waals surface area contributed by atoms with Crippen LogP contribution in [0.2, 0.25) is 0 Å². The fourth-order valence-corrected chi connectivity index (χ4v) is 3.15. The minimum atomic E-state index is 0.116. The summed E-state index contributed by atoms with van der Waals surface area (Å²) in [6.07, 6.45) is 6.82. The molecule has 2 aromatic rings. The fraction of sp³-hybridized carbons (Fsp3) is 0.353. The molecule has 1 aliphatic carbocycles. The summed E-state index contributed by atoms with van der Waals surface area (Å²) in [5.74, 6) is 0. The Morgan fingerprint density at radius 2 is 1.74 bits per heavy atom. The van der Waals surface area contributed by atoms with E-state index in [0.717, 1.165) is 0 Å². The van der Waals surface area contributed by atoms with Crippen LogP contribution in [0.5, 0.6) is 0 Å². The van der Waals surface area contributed by atoms with Gasteiger partial charge in [-0.15, -0.1) is 0 Å². The molecule has 0 saturated heterocycles. The average molecular weight is 252 g/mol. The predicted octanol–water partition coefficient (Wildman–Crippen LogP) is 3.52. The molecular weight excluding hydrogens is 232 g/mol. The van der Waals surface area contributed by atoms with Crippen LogP contribution in [0.4, 0.5) is 0 Å². The Hall–Kier alpha value is -1.67. The second-order valence-corrected chi connectivity index (χ2v) is 5.49. The molecule has 1 heterocycles. The molecular formula is C17H20N2. The molecule has 19 heavy (non-hydrogen) atoms. The largest absolute Gasteiger partial charge is 0.330 e. The van der Waals surface area contributed by atoms with Crippen molar-refractivity contribution in [2.45, 2.75) is 31.1 Å². The van der Waals surface area contributed by atoms with Gasteiger partial charge in [-0.2, -0.15) is 0 Å². The van der Waals surface area contributed by atoms with E-state index in [1.807, 2.05) is 12.3 Å². The first-order valence-corrected chi connectivity index (χ1v) is 7.06. The van der Waals surface area contributed by atoms with Gasteiger partial charge in [0, 0.05) is 23.9 Å². The van der Waals surface area contributed by atoms with Crippen LogP contribution >= 0.6 is 0 Å². The summed E-state index contributed by atoms with van der Waals surface area (Å²) >= 11 is 0. The molecule has 98 valence electrons. The van der Waals surface area contributed by atoms with Crippen LogP contribution in [0.25, 0.3) is 11.1 Å². The van der Waals surface area contributed by atoms with E-state index in [4.69, 9.17) is 5.73 Å². The van der Waals surface area contributed by atoms with Gasteiger partial charge in [0.05, 0.1) is 0 Å². The predicted molar refractivity (Wildman–Crippen MR) is 78.9 cm³/mol. The van der Waals surface area contributed by atoms with E-state index in [2.05, 4.69) is 41.4 Å². The average Bonchev–Trinajstić information content (AvgIpc) is 2.98. The minimum absolute atomic E-state index is 0.116. The quantitative estimate of drug-likeness (QED) is 0.907. The van der Waals surface area contributed by atoms with Crippen molar-refractivity contribution in [2.75, 3.05) is 6.54 Å². The smallest absolute Gasteiger partial charge is 0.0484 e. The normalized spacial score (nSPS) is 17.5. The van der Waals surface area contributed by atoms with E-state index in [-0.39, 0.29) is 5.41 Å². The van der Waals surface area contributed by atoms with Crippen molar-refractivity contribution < 1.29 is 0 Å². The zero-order chi connectivity index (χ0) is 13.1. The molecule has 0 unspecified atom stereocenters. The molecule has 1 aromatic heterocycles. The molecule has 0 amide bonds. The summed E-state index contributed by atoms with van der Waals surface area (Å²) in [6, 6.07) is 14.8. The van der Waals surface area contributed by atoms with Gasteiger partial charge in [-0.25, -0.2) is 0 Å². The standard InChI is InChI=1S/C17H20N2/c18-13-17(9-4-5-10-17)16-12-15(8-11-19-16)14-6-2-1-3-7-14/h1-3,6-8,11-12H,4-5,9-10,13,18H2. The van der Waals surface area contributed by atoms with Crippen molar-refractivity contribution in [3.05, 3.63) is 54.4 Å². The number of pyridine rings is 1. The Labute approximate surface area is 114 Å². The molecule has 1 aliphatic rings. The second-order valence-electron chi connectivity index (χ2n) is 5.49. The van der Waals surface area contributed by atoms with E-state index < -0.39 is 0 Å². The molecule has 2 heteroatoms. The molecule has 1 saturated carbocycles. The van der Waals surface area contributed by atoms with Crippen molar-refractivity contribution in [1.82, 2.24) is 4.98 Å². The number of nitrogens with two attached hydrogens (primary N) is 1. The minimum Gasteiger partial charge on any atom is -0.330 e. The van der Waals surface area contributed by atoms with Crippen LogP contribution < -0.4 is 5.73 Å². The lowest BCUT2D eigenvalue weighted by atomic mass is 9.81. The van der Waals surface area contributed by atoms with Gasteiger partial charge in [0.1, 0.15) is 0 Å². The maximum absolute atomic E-state index is 6.05. The number of aromatic nitrogens is 1. The maximum Gasteiger partial charge on any atom is 0.0484 e. The molecule has 0 aliphatic heterocycles. The summed E-state index contributed by atoms with van der Waals surface area (Å²) in [4.78, 5) is 4.61. The van der Waals surface area contributed by atoms with Crippen LogP contribution in [-0.2, 0) is 5.41 Å². The number of hydrogen-bond acceptors (Lipinski definition) is 2. The van der Waals surface area contributed by atoms with Crippen molar-refractivity contribution in [2.24, 2.45) is 5.73 Å². The van der Waals surface area contributed by atoms with Gasteiger partial charge < -0.3 is 5.73 Å². The number of hydrogen-bond donors (Lipinski definition) is 1. The maximum atomic E-state index is 6.05. The highest BCUT2D eigenvalue weighted by molar-refractivity contribution is 5.63. The highest BCUT2D eigenvalue weighted by Crippen LogP contribution is 2.40. The third kappa shape index (κ3) is 2.28. The molecule has 0 spiro atoms. The van der Waals surface area contributed by atoms with E-state index in [1.165, 1.54) is 42.5 Å². The first kappa shape index (κ1) is 12.4. The number of rotatable bonds is 3. The molecule has 0 bridgehead atoms. The van der Waals surface area contributed by atoms with Gasteiger partial charge in [0.15, 0.2) is 0 Å². The zero-order valence-corrected chi connectivity index (χ0v) is 11.2. The Kier molecular flexibility index (Phi) is 3.34. The third-order valence-electron chi connectivity index (χ3n) is 4.36. The van der Waals surface area contributed by atoms with Crippen molar-refractivity contribution in [1.29, 1.82) is 0 Å². The van der Waals surface area contributed by atoms with Gasteiger partial charge in [-0.05, 0) is 36.1 Å². The van der Waals surface area contributed by atoms with E-state index in [0.29, 0.717) is 6.54 Å². The fourth-order valence-electron chi connectivity index (χ4n) is 3.15. The lowest BCUT2D eigenvalue weighted by molar-refractivity contribution is 0.440. The Bertz CT molecular complexity index is 542. The summed E-state index contributed by atoms with van der Waals surface area (Å²) in [5.41, 5.74) is 9.83. The van der Waals surface area contributed by atoms with Crippen LogP contribution in [-0.4, -0.2) is 11.5 Å². The molecule has 2 N–H and O–H groups in total. The van der Waals surface area contributed by atoms with E-state index in [9.17, 15) is 0 Å². The van der Waals surface area contributed by atoms with Gasteiger partial charge in [-0.1, -0.05) is 43.2 Å². The number of benzene rings is 1. The summed E-state index contributed by atoms with van der Waals surface area (Å²) in [7, 11) is 0. The van der Waals surface area contributed by atoms with Crippen molar-refractivity contribution >= 4 is 0 Å². The lowest BCUT2D eigenvalue weighted by Gasteiger charge is -2.26. The first-order valence-electron chi connectivity index (χ1n) is 7.06. The van der Waals surface area contributed by atoms with Crippen molar-refractivity contribution in [3.63, 3.8) is 0 Å². The van der Waals surface area contributed by atoms with Crippen LogP contribution in [0.3, 0.4) is 0 Å². The van der Waals surface area contributed by atoms with Gasteiger partial charge in [0.2, 0.25) is 0 Å². The first-order chi connectivity index (χ1) is 9.34. The van der Waals surface area contributed by atoms with Gasteiger partial charge >= 0.3 is 0 Å². The Balaban J connectivity index is 2.00. The number of nitrogens with zero attached hydrogens (tertiary/aromatic N) is 1.